The zero-order valence-corrected chi connectivity index (χ0v) is 38.1. The maximum atomic E-state index is 6.50. The minimum absolute atomic E-state index is 0.477. The number of anilines is 3. The summed E-state index contributed by atoms with van der Waals surface area (Å²) in [6, 6.07) is 94.3. The molecular formula is C67H43NO2. The van der Waals surface area contributed by atoms with Gasteiger partial charge in [0, 0.05) is 44.2 Å². The first-order valence-corrected chi connectivity index (χ1v) is 24.0. The lowest BCUT2D eigenvalue weighted by molar-refractivity contribution is 0.669. The van der Waals surface area contributed by atoms with Gasteiger partial charge in [0.25, 0.3) is 0 Å². The van der Waals surface area contributed by atoms with Gasteiger partial charge in [0.1, 0.15) is 22.3 Å². The number of nitrogens with zero attached hydrogens (tertiary/aromatic N) is 1. The smallest absolute Gasteiger partial charge is 0.143 e. The first-order valence-electron chi connectivity index (χ1n) is 24.0. The molecule has 11 aromatic carbocycles. The molecule has 0 N–H and O–H groups in total. The van der Waals surface area contributed by atoms with Crippen LogP contribution in [0.25, 0.3) is 88.4 Å². The van der Waals surface area contributed by atoms with E-state index in [4.69, 9.17) is 8.83 Å². The van der Waals surface area contributed by atoms with Crippen molar-refractivity contribution in [1.82, 2.24) is 0 Å². The third kappa shape index (κ3) is 6.22. The summed E-state index contributed by atoms with van der Waals surface area (Å²) in [5, 5.41) is 4.52. The van der Waals surface area contributed by atoms with Crippen molar-refractivity contribution in [3.05, 3.63) is 283 Å². The fraction of sp³-hybridized carbons (Fsp3) is 0.0149. The van der Waals surface area contributed by atoms with E-state index in [-0.39, 0.29) is 0 Å². The van der Waals surface area contributed by atoms with Gasteiger partial charge in [-0.3, -0.25) is 0 Å². The highest BCUT2D eigenvalue weighted by Crippen LogP contribution is 2.57. The van der Waals surface area contributed by atoms with Crippen molar-refractivity contribution in [2.45, 2.75) is 5.41 Å². The van der Waals surface area contributed by atoms with Crippen LogP contribution in [0.4, 0.5) is 17.1 Å². The van der Waals surface area contributed by atoms with E-state index in [9.17, 15) is 0 Å². The number of fused-ring (bicyclic) bond motifs is 9. The van der Waals surface area contributed by atoms with Gasteiger partial charge in [0.05, 0.1) is 5.41 Å². The summed E-state index contributed by atoms with van der Waals surface area (Å²) >= 11 is 0. The number of rotatable bonds is 8. The first kappa shape index (κ1) is 39.9. The highest BCUT2D eigenvalue weighted by atomic mass is 16.3. The van der Waals surface area contributed by atoms with Crippen molar-refractivity contribution in [1.29, 1.82) is 0 Å². The summed E-state index contributed by atoms with van der Waals surface area (Å²) in [6.45, 7) is 0. The lowest BCUT2D eigenvalue weighted by Gasteiger charge is -2.34. The molecule has 0 bridgehead atoms. The van der Waals surface area contributed by atoms with Crippen molar-refractivity contribution in [2.75, 3.05) is 4.90 Å². The first-order chi connectivity index (χ1) is 34.7. The van der Waals surface area contributed by atoms with Gasteiger partial charge >= 0.3 is 0 Å². The average molecular weight is 894 g/mol. The highest BCUT2D eigenvalue weighted by molar-refractivity contribution is 6.10. The van der Waals surface area contributed by atoms with Crippen LogP contribution in [0.1, 0.15) is 22.3 Å². The van der Waals surface area contributed by atoms with E-state index < -0.39 is 5.41 Å². The molecule has 0 saturated carbocycles. The summed E-state index contributed by atoms with van der Waals surface area (Å²) in [4.78, 5) is 2.39. The molecule has 1 aliphatic carbocycles. The molecule has 0 saturated heterocycles. The van der Waals surface area contributed by atoms with E-state index in [0.717, 1.165) is 83.2 Å². The number of benzene rings is 11. The topological polar surface area (TPSA) is 29.5 Å². The van der Waals surface area contributed by atoms with Crippen molar-refractivity contribution in [3.63, 3.8) is 0 Å². The largest absolute Gasteiger partial charge is 0.456 e. The van der Waals surface area contributed by atoms with Gasteiger partial charge < -0.3 is 13.7 Å². The Kier molecular flexibility index (Phi) is 9.11. The van der Waals surface area contributed by atoms with Crippen molar-refractivity contribution in [2.24, 2.45) is 0 Å². The molecule has 2 heterocycles. The zero-order valence-electron chi connectivity index (χ0n) is 38.1. The summed E-state index contributed by atoms with van der Waals surface area (Å²) in [7, 11) is 0. The van der Waals surface area contributed by atoms with Gasteiger partial charge in [-0.15, -0.1) is 0 Å². The van der Waals surface area contributed by atoms with E-state index in [2.05, 4.69) is 241 Å². The third-order valence-corrected chi connectivity index (χ3v) is 14.6. The second-order valence-electron chi connectivity index (χ2n) is 18.4. The van der Waals surface area contributed by atoms with Crippen LogP contribution in [0.15, 0.2) is 270 Å². The van der Waals surface area contributed by atoms with Crippen LogP contribution in [0, 0.1) is 0 Å². The predicted molar refractivity (Wildman–Crippen MR) is 289 cm³/mol. The van der Waals surface area contributed by atoms with Crippen LogP contribution in [-0.4, -0.2) is 0 Å². The molecule has 0 unspecified atom stereocenters. The summed E-state index contributed by atoms with van der Waals surface area (Å²) in [5.74, 6) is 0. The fourth-order valence-electron chi connectivity index (χ4n) is 11.4. The van der Waals surface area contributed by atoms with E-state index in [0.29, 0.717) is 0 Å². The molecule has 2 aromatic heterocycles. The second-order valence-corrected chi connectivity index (χ2v) is 18.4. The molecule has 328 valence electrons. The van der Waals surface area contributed by atoms with Crippen molar-refractivity contribution < 1.29 is 8.83 Å². The summed E-state index contributed by atoms with van der Waals surface area (Å²) in [5.41, 5.74) is 20.7. The number of hydrogen-bond acceptors (Lipinski definition) is 3. The standard InChI is InChI=1S/C67H43NO2/c1-3-14-49(15-4-1)67(50-16-5-2-6-17-50)61-23-10-7-18-55(61)59-43-53(39-40-62(59)67)68(52-37-32-47(33-38-52)54-21-13-22-58-56-19-8-12-25-64(56)70-66(54)58)51-35-30-45(31-36-51)44-26-28-46(29-27-44)48-34-41-65-60(42-48)57-20-9-11-24-63(57)69-65/h1-43H. The average Bonchev–Trinajstić information content (AvgIpc) is 4.10. The molecule has 3 heteroatoms. The molecule has 13 aromatic rings. The van der Waals surface area contributed by atoms with E-state index >= 15 is 0 Å². The van der Waals surface area contributed by atoms with E-state index in [1.54, 1.807) is 0 Å². The van der Waals surface area contributed by atoms with Crippen LogP contribution < -0.4 is 4.90 Å². The van der Waals surface area contributed by atoms with E-state index in [1.165, 1.54) is 44.5 Å². The number of hydrogen-bond donors (Lipinski definition) is 0. The quantitative estimate of drug-likeness (QED) is 0.152. The number of furan rings is 2. The molecule has 14 rings (SSSR count). The maximum absolute atomic E-state index is 6.50. The van der Waals surface area contributed by atoms with Crippen LogP contribution >= 0.6 is 0 Å². The Bertz CT molecular complexity index is 4050. The van der Waals surface area contributed by atoms with Crippen molar-refractivity contribution in [3.8, 4) is 44.5 Å². The van der Waals surface area contributed by atoms with Crippen LogP contribution in [-0.2, 0) is 5.41 Å². The van der Waals surface area contributed by atoms with Crippen LogP contribution in [0.5, 0.6) is 0 Å². The predicted octanol–water partition coefficient (Wildman–Crippen LogP) is 18.3. The molecule has 0 radical (unpaired) electrons. The Labute approximate surface area is 405 Å². The Morgan fingerprint density at radius 2 is 0.743 bits per heavy atom. The van der Waals surface area contributed by atoms with E-state index in [1.807, 2.05) is 24.3 Å². The normalized spacial score (nSPS) is 12.7. The fourth-order valence-corrected chi connectivity index (χ4v) is 11.4. The molecule has 0 spiro atoms. The molecule has 0 aliphatic heterocycles. The Morgan fingerprint density at radius 1 is 0.271 bits per heavy atom. The Balaban J connectivity index is 0.876. The van der Waals surface area contributed by atoms with Crippen LogP contribution in [0.2, 0.25) is 0 Å². The molecular weight excluding hydrogens is 851 g/mol. The Morgan fingerprint density at radius 3 is 1.43 bits per heavy atom. The Hall–Kier alpha value is -9.18. The van der Waals surface area contributed by atoms with Gasteiger partial charge in [-0.05, 0) is 122 Å². The minimum atomic E-state index is -0.477. The third-order valence-electron chi connectivity index (χ3n) is 14.6. The SMILES string of the molecule is c1ccc(C2(c3ccccc3)c3ccccc3-c3cc(N(c4ccc(-c5ccc(-c6ccc7oc8ccccc8c7c6)cc5)cc4)c4ccc(-c5cccc6c5oc5ccccc56)cc4)ccc32)cc1. The number of para-hydroxylation sites is 3. The maximum Gasteiger partial charge on any atom is 0.143 e. The lowest BCUT2D eigenvalue weighted by atomic mass is 9.68. The molecule has 0 atom stereocenters. The summed E-state index contributed by atoms with van der Waals surface area (Å²) in [6.07, 6.45) is 0. The summed E-state index contributed by atoms with van der Waals surface area (Å²) < 4.78 is 12.6. The zero-order chi connectivity index (χ0) is 46.2. The van der Waals surface area contributed by atoms with Gasteiger partial charge in [-0.2, -0.15) is 0 Å². The molecule has 1 aliphatic rings. The molecule has 3 nitrogen and oxygen atoms in total. The van der Waals surface area contributed by atoms with Gasteiger partial charge in [0.15, 0.2) is 0 Å². The van der Waals surface area contributed by atoms with Gasteiger partial charge in [-0.25, -0.2) is 0 Å². The van der Waals surface area contributed by atoms with Gasteiger partial charge in [0.2, 0.25) is 0 Å². The second kappa shape index (κ2) is 16.0. The molecule has 0 amide bonds. The lowest BCUT2D eigenvalue weighted by Crippen LogP contribution is -2.28. The molecule has 70 heavy (non-hydrogen) atoms. The van der Waals surface area contributed by atoms with Crippen molar-refractivity contribution >= 4 is 60.9 Å². The minimum Gasteiger partial charge on any atom is -0.456 e. The highest BCUT2D eigenvalue weighted by Gasteiger charge is 2.46. The van der Waals surface area contributed by atoms with Gasteiger partial charge in [-0.1, -0.05) is 200 Å². The molecule has 0 fully saturated rings. The monoisotopic (exact) mass is 893 g/mol. The van der Waals surface area contributed by atoms with Crippen LogP contribution in [0.3, 0.4) is 0 Å².